The van der Waals surface area contributed by atoms with Gasteiger partial charge in [0.25, 0.3) is 0 Å². The molecule has 68 valence electrons. The molecule has 0 unspecified atom stereocenters. The molecule has 0 radical (unpaired) electrons. The molecular weight excluding hydrogens is 154 g/mol. The average Bonchev–Trinajstić information content (AvgIpc) is 1.94. The normalized spacial score (nSPS) is 22.5. The smallest absolute Gasteiger partial charge is 0.333 e. The van der Waals surface area contributed by atoms with Crippen LogP contribution in [-0.2, 0) is 4.79 Å². The third kappa shape index (κ3) is 1.78. The first-order valence-corrected chi connectivity index (χ1v) is 4.13. The second kappa shape index (κ2) is 2.81. The van der Waals surface area contributed by atoms with Crippen molar-refractivity contribution in [2.45, 2.75) is 33.1 Å². The van der Waals surface area contributed by atoms with Gasteiger partial charge in [-0.3, -0.25) is 0 Å². The van der Waals surface area contributed by atoms with Gasteiger partial charge in [-0.2, -0.15) is 0 Å². The zero-order chi connectivity index (χ0) is 9.35. The molecule has 0 atom stereocenters. The third-order valence-electron chi connectivity index (χ3n) is 2.37. The maximum Gasteiger partial charge on any atom is 0.333 e. The van der Waals surface area contributed by atoms with Gasteiger partial charge in [-0.25, -0.2) is 4.79 Å². The van der Waals surface area contributed by atoms with Gasteiger partial charge in [-0.1, -0.05) is 13.8 Å². The van der Waals surface area contributed by atoms with Gasteiger partial charge in [0.05, 0.1) is 5.57 Å². The Morgan fingerprint density at radius 3 is 2.58 bits per heavy atom. The SMILES string of the molecule is CC1(C)CCC(N)=C(C(=O)O)C1. The molecule has 0 spiro atoms. The van der Waals surface area contributed by atoms with Crippen LogP contribution in [0.25, 0.3) is 0 Å². The lowest BCUT2D eigenvalue weighted by molar-refractivity contribution is -0.133. The van der Waals surface area contributed by atoms with E-state index in [4.69, 9.17) is 10.8 Å². The van der Waals surface area contributed by atoms with Gasteiger partial charge in [0.15, 0.2) is 0 Å². The molecule has 1 aliphatic rings. The van der Waals surface area contributed by atoms with Crippen LogP contribution in [0.4, 0.5) is 0 Å². The van der Waals surface area contributed by atoms with E-state index in [1.807, 2.05) is 0 Å². The third-order valence-corrected chi connectivity index (χ3v) is 2.37. The number of nitrogens with two attached hydrogens (primary N) is 1. The van der Waals surface area contributed by atoms with Crippen LogP contribution in [0.5, 0.6) is 0 Å². The molecule has 0 heterocycles. The summed E-state index contributed by atoms with van der Waals surface area (Å²) >= 11 is 0. The number of carboxylic acids is 1. The molecule has 12 heavy (non-hydrogen) atoms. The fraction of sp³-hybridized carbons (Fsp3) is 0.667. The van der Waals surface area contributed by atoms with Crippen LogP contribution in [0.1, 0.15) is 33.1 Å². The Kier molecular flexibility index (Phi) is 2.13. The highest BCUT2D eigenvalue weighted by atomic mass is 16.4. The molecule has 0 aromatic carbocycles. The second-order valence-electron chi connectivity index (χ2n) is 4.15. The number of carbonyl (C=O) groups is 1. The number of carboxylic acid groups (broad SMARTS) is 1. The molecule has 0 bridgehead atoms. The topological polar surface area (TPSA) is 63.3 Å². The van der Waals surface area contributed by atoms with Gasteiger partial charge >= 0.3 is 5.97 Å². The minimum absolute atomic E-state index is 0.0938. The summed E-state index contributed by atoms with van der Waals surface area (Å²) in [5.74, 6) is -0.861. The van der Waals surface area contributed by atoms with Crippen LogP contribution in [0, 0.1) is 5.41 Å². The van der Waals surface area contributed by atoms with E-state index in [0.29, 0.717) is 24.1 Å². The lowest BCUT2D eigenvalue weighted by Crippen LogP contribution is -2.25. The molecular formula is C9H15NO2. The predicted octanol–water partition coefficient (Wildman–Crippen LogP) is 1.49. The van der Waals surface area contributed by atoms with Gasteiger partial charge in [0.2, 0.25) is 0 Å². The fourth-order valence-corrected chi connectivity index (χ4v) is 1.52. The maximum atomic E-state index is 10.7. The Morgan fingerprint density at radius 1 is 1.58 bits per heavy atom. The standard InChI is InChI=1S/C9H15NO2/c1-9(2)4-3-7(10)6(5-9)8(11)12/h3-5,10H2,1-2H3,(H,11,12). The lowest BCUT2D eigenvalue weighted by Gasteiger charge is -2.30. The lowest BCUT2D eigenvalue weighted by atomic mass is 9.76. The molecule has 3 N–H and O–H groups in total. The van der Waals surface area contributed by atoms with E-state index in [2.05, 4.69) is 13.8 Å². The fourth-order valence-electron chi connectivity index (χ4n) is 1.52. The molecule has 0 saturated carbocycles. The van der Waals surface area contributed by atoms with Gasteiger partial charge < -0.3 is 10.8 Å². The largest absolute Gasteiger partial charge is 0.478 e. The van der Waals surface area contributed by atoms with Crippen molar-refractivity contribution in [3.05, 3.63) is 11.3 Å². The zero-order valence-corrected chi connectivity index (χ0v) is 7.55. The van der Waals surface area contributed by atoms with Gasteiger partial charge in [0.1, 0.15) is 0 Å². The van der Waals surface area contributed by atoms with E-state index in [-0.39, 0.29) is 5.41 Å². The highest BCUT2D eigenvalue weighted by Gasteiger charge is 2.29. The summed E-state index contributed by atoms with van der Waals surface area (Å²) in [7, 11) is 0. The van der Waals surface area contributed by atoms with E-state index in [9.17, 15) is 4.79 Å². The Hall–Kier alpha value is -0.990. The minimum atomic E-state index is -0.861. The van der Waals surface area contributed by atoms with Crippen LogP contribution in [0.15, 0.2) is 11.3 Å². The highest BCUT2D eigenvalue weighted by Crippen LogP contribution is 2.36. The van der Waals surface area contributed by atoms with E-state index in [1.165, 1.54) is 0 Å². The van der Waals surface area contributed by atoms with E-state index in [1.54, 1.807) is 0 Å². The average molecular weight is 169 g/mol. The highest BCUT2D eigenvalue weighted by molar-refractivity contribution is 5.87. The number of aliphatic carboxylic acids is 1. The van der Waals surface area contributed by atoms with Crippen molar-refractivity contribution >= 4 is 5.97 Å². The summed E-state index contributed by atoms with van der Waals surface area (Å²) in [5, 5.41) is 8.80. The van der Waals surface area contributed by atoms with Crippen LogP contribution in [0.2, 0.25) is 0 Å². The van der Waals surface area contributed by atoms with E-state index < -0.39 is 5.97 Å². The van der Waals surface area contributed by atoms with Crippen molar-refractivity contribution in [2.24, 2.45) is 11.1 Å². The van der Waals surface area contributed by atoms with Crippen LogP contribution < -0.4 is 5.73 Å². The Morgan fingerprint density at radius 2 is 2.17 bits per heavy atom. The Labute approximate surface area is 72.3 Å². The molecule has 3 heteroatoms. The molecule has 3 nitrogen and oxygen atoms in total. The minimum Gasteiger partial charge on any atom is -0.478 e. The Bertz CT molecular complexity index is 241. The quantitative estimate of drug-likeness (QED) is 0.625. The summed E-state index contributed by atoms with van der Waals surface area (Å²) in [4.78, 5) is 10.7. The molecule has 0 aromatic heterocycles. The van der Waals surface area contributed by atoms with Crippen LogP contribution in [-0.4, -0.2) is 11.1 Å². The van der Waals surface area contributed by atoms with Crippen molar-refractivity contribution in [3.63, 3.8) is 0 Å². The first-order valence-electron chi connectivity index (χ1n) is 4.13. The van der Waals surface area contributed by atoms with E-state index >= 15 is 0 Å². The predicted molar refractivity (Wildman–Crippen MR) is 46.5 cm³/mol. The van der Waals surface area contributed by atoms with Crippen molar-refractivity contribution in [1.82, 2.24) is 0 Å². The Balaban J connectivity index is 2.89. The summed E-state index contributed by atoms with van der Waals surface area (Å²) in [6.45, 7) is 4.14. The van der Waals surface area contributed by atoms with Crippen LogP contribution >= 0.6 is 0 Å². The molecule has 1 aliphatic carbocycles. The molecule has 0 aliphatic heterocycles. The van der Waals surface area contributed by atoms with Gasteiger partial charge in [-0.05, 0) is 24.7 Å². The summed E-state index contributed by atoms with van der Waals surface area (Å²) < 4.78 is 0. The number of hydrogen-bond acceptors (Lipinski definition) is 2. The number of allylic oxidation sites excluding steroid dienone is 1. The molecule has 0 aromatic rings. The van der Waals surface area contributed by atoms with E-state index in [0.717, 1.165) is 6.42 Å². The molecule has 0 amide bonds. The first-order chi connectivity index (χ1) is 5.42. The molecule has 1 rings (SSSR count). The number of hydrogen-bond donors (Lipinski definition) is 2. The second-order valence-corrected chi connectivity index (χ2v) is 4.15. The zero-order valence-electron chi connectivity index (χ0n) is 7.55. The summed E-state index contributed by atoms with van der Waals surface area (Å²) in [6.07, 6.45) is 2.29. The monoisotopic (exact) mass is 169 g/mol. The first kappa shape index (κ1) is 9.10. The number of rotatable bonds is 1. The van der Waals surface area contributed by atoms with Crippen molar-refractivity contribution in [2.75, 3.05) is 0 Å². The summed E-state index contributed by atoms with van der Waals surface area (Å²) in [6, 6.07) is 0. The van der Waals surface area contributed by atoms with Crippen molar-refractivity contribution in [1.29, 1.82) is 0 Å². The van der Waals surface area contributed by atoms with Crippen molar-refractivity contribution in [3.8, 4) is 0 Å². The molecule has 0 fully saturated rings. The maximum absolute atomic E-state index is 10.7. The van der Waals surface area contributed by atoms with Gasteiger partial charge in [0, 0.05) is 5.70 Å². The van der Waals surface area contributed by atoms with Crippen LogP contribution in [0.3, 0.4) is 0 Å². The van der Waals surface area contributed by atoms with Crippen molar-refractivity contribution < 1.29 is 9.90 Å². The summed E-state index contributed by atoms with van der Waals surface area (Å²) in [5.41, 5.74) is 6.66. The van der Waals surface area contributed by atoms with Gasteiger partial charge in [-0.15, -0.1) is 0 Å². The molecule has 0 saturated heterocycles.